The van der Waals surface area contributed by atoms with Crippen LogP contribution in [0.15, 0.2) is 24.3 Å². The van der Waals surface area contributed by atoms with Gasteiger partial charge in [0.25, 0.3) is 5.91 Å². The Morgan fingerprint density at radius 3 is 2.33 bits per heavy atom. The monoisotopic (exact) mass is 245 g/mol. The highest BCUT2D eigenvalue weighted by Gasteiger charge is 2.13. The Morgan fingerprint density at radius 2 is 1.89 bits per heavy atom. The molecular weight excluding hydrogens is 226 g/mol. The summed E-state index contributed by atoms with van der Waals surface area (Å²) in [5.74, 6) is -0.0157. The Hall–Kier alpha value is -2.02. The second-order valence-corrected chi connectivity index (χ2v) is 4.23. The molecule has 0 fully saturated rings. The summed E-state index contributed by atoms with van der Waals surface area (Å²) in [6.07, 6.45) is 0.370. The molecule has 0 N–H and O–H groups in total. The van der Waals surface area contributed by atoms with E-state index in [1.54, 1.807) is 4.90 Å². The Labute approximate surface area is 108 Å². The van der Waals surface area contributed by atoms with E-state index in [2.05, 4.69) is 6.07 Å². The average molecular weight is 245 g/mol. The van der Waals surface area contributed by atoms with Crippen molar-refractivity contribution in [3.63, 3.8) is 0 Å². The van der Waals surface area contributed by atoms with Gasteiger partial charge in [-0.1, -0.05) is 0 Å². The van der Waals surface area contributed by atoms with Crippen molar-refractivity contribution in [2.45, 2.75) is 13.3 Å². The summed E-state index contributed by atoms with van der Waals surface area (Å²) in [5, 5.41) is 8.57. The van der Waals surface area contributed by atoms with E-state index in [0.29, 0.717) is 25.1 Å². The number of hydrogen-bond acceptors (Lipinski definition) is 3. The molecule has 4 nitrogen and oxygen atoms in total. The number of benzene rings is 1. The third kappa shape index (κ3) is 3.49. The van der Waals surface area contributed by atoms with Crippen molar-refractivity contribution < 1.29 is 4.79 Å². The fourth-order valence-corrected chi connectivity index (χ4v) is 1.67. The predicted molar refractivity (Wildman–Crippen MR) is 72.6 cm³/mol. The van der Waals surface area contributed by atoms with E-state index in [4.69, 9.17) is 5.26 Å². The minimum absolute atomic E-state index is 0.0157. The van der Waals surface area contributed by atoms with E-state index >= 15 is 0 Å². The number of anilines is 1. The Balaban J connectivity index is 2.79. The van der Waals surface area contributed by atoms with Gasteiger partial charge >= 0.3 is 0 Å². The molecule has 0 saturated carbocycles. The van der Waals surface area contributed by atoms with Crippen molar-refractivity contribution in [1.29, 1.82) is 5.26 Å². The largest absolute Gasteiger partial charge is 0.378 e. The number of carbonyl (C=O) groups excluding carboxylic acids is 1. The minimum atomic E-state index is -0.0157. The van der Waals surface area contributed by atoms with Crippen LogP contribution in [0.3, 0.4) is 0 Å². The molecule has 0 aliphatic rings. The summed E-state index contributed by atoms with van der Waals surface area (Å²) in [7, 11) is 3.92. The van der Waals surface area contributed by atoms with E-state index in [0.717, 1.165) is 5.69 Å². The van der Waals surface area contributed by atoms with Crippen LogP contribution in [0.25, 0.3) is 0 Å². The van der Waals surface area contributed by atoms with E-state index in [1.807, 2.05) is 50.2 Å². The van der Waals surface area contributed by atoms with Gasteiger partial charge in [0.1, 0.15) is 0 Å². The van der Waals surface area contributed by atoms with Crippen LogP contribution in [0.2, 0.25) is 0 Å². The van der Waals surface area contributed by atoms with Gasteiger partial charge in [-0.25, -0.2) is 0 Å². The fourth-order valence-electron chi connectivity index (χ4n) is 1.67. The van der Waals surface area contributed by atoms with Gasteiger partial charge in [0.2, 0.25) is 0 Å². The topological polar surface area (TPSA) is 47.3 Å². The maximum atomic E-state index is 12.2. The van der Waals surface area contributed by atoms with E-state index in [9.17, 15) is 4.79 Å². The van der Waals surface area contributed by atoms with Gasteiger partial charge in [0.05, 0.1) is 12.5 Å². The van der Waals surface area contributed by atoms with E-state index in [-0.39, 0.29) is 5.91 Å². The van der Waals surface area contributed by atoms with Crippen LogP contribution >= 0.6 is 0 Å². The summed E-state index contributed by atoms with van der Waals surface area (Å²) in [6, 6.07) is 9.56. The zero-order valence-corrected chi connectivity index (χ0v) is 11.2. The molecule has 0 atom stereocenters. The minimum Gasteiger partial charge on any atom is -0.378 e. The summed E-state index contributed by atoms with van der Waals surface area (Å²) in [5.41, 5.74) is 1.73. The van der Waals surface area contributed by atoms with Gasteiger partial charge < -0.3 is 9.80 Å². The van der Waals surface area contributed by atoms with Crippen LogP contribution in [0.1, 0.15) is 23.7 Å². The second kappa shape index (κ2) is 6.65. The SMILES string of the molecule is CCN(CCC#N)C(=O)c1ccc(N(C)C)cc1. The van der Waals surface area contributed by atoms with Crippen molar-refractivity contribution in [2.24, 2.45) is 0 Å². The molecule has 0 spiro atoms. The number of rotatable bonds is 5. The molecule has 1 aromatic rings. The molecule has 0 aliphatic heterocycles. The normalized spacial score (nSPS) is 9.67. The van der Waals surface area contributed by atoms with Crippen molar-refractivity contribution in [3.05, 3.63) is 29.8 Å². The van der Waals surface area contributed by atoms with Crippen molar-refractivity contribution in [3.8, 4) is 6.07 Å². The lowest BCUT2D eigenvalue weighted by atomic mass is 10.1. The molecule has 0 saturated heterocycles. The van der Waals surface area contributed by atoms with Gasteiger partial charge in [-0.3, -0.25) is 4.79 Å². The lowest BCUT2D eigenvalue weighted by Gasteiger charge is -2.20. The second-order valence-electron chi connectivity index (χ2n) is 4.23. The molecule has 0 unspecified atom stereocenters. The fraction of sp³-hybridized carbons (Fsp3) is 0.429. The van der Waals surface area contributed by atoms with Gasteiger partial charge in [-0.15, -0.1) is 0 Å². The summed E-state index contributed by atoms with van der Waals surface area (Å²) >= 11 is 0. The zero-order chi connectivity index (χ0) is 13.5. The predicted octanol–water partition coefficient (Wildman–Crippen LogP) is 2.13. The molecule has 1 aromatic carbocycles. The number of hydrogen-bond donors (Lipinski definition) is 0. The highest BCUT2D eigenvalue weighted by atomic mass is 16.2. The van der Waals surface area contributed by atoms with E-state index < -0.39 is 0 Å². The van der Waals surface area contributed by atoms with Crippen molar-refractivity contribution in [2.75, 3.05) is 32.1 Å². The molecule has 0 aromatic heterocycles. The highest BCUT2D eigenvalue weighted by Crippen LogP contribution is 2.13. The first-order chi connectivity index (χ1) is 8.60. The molecule has 18 heavy (non-hydrogen) atoms. The van der Waals surface area contributed by atoms with Crippen LogP contribution < -0.4 is 4.90 Å². The molecule has 4 heteroatoms. The first-order valence-electron chi connectivity index (χ1n) is 6.03. The molecule has 0 aliphatic carbocycles. The van der Waals surface area contributed by atoms with Crippen LogP contribution in [0, 0.1) is 11.3 Å². The quantitative estimate of drug-likeness (QED) is 0.798. The van der Waals surface area contributed by atoms with Crippen LogP contribution in [0.4, 0.5) is 5.69 Å². The Morgan fingerprint density at radius 1 is 1.28 bits per heavy atom. The Kier molecular flexibility index (Phi) is 5.19. The van der Waals surface area contributed by atoms with Crippen molar-refractivity contribution in [1.82, 2.24) is 4.90 Å². The number of nitriles is 1. The molecule has 1 amide bonds. The molecular formula is C14H19N3O. The first kappa shape index (κ1) is 14.0. The van der Waals surface area contributed by atoms with Gasteiger partial charge in [-0.05, 0) is 31.2 Å². The number of carbonyl (C=O) groups is 1. The molecule has 0 bridgehead atoms. The molecule has 0 radical (unpaired) electrons. The summed E-state index contributed by atoms with van der Waals surface area (Å²) in [4.78, 5) is 15.8. The van der Waals surface area contributed by atoms with Gasteiger partial charge in [-0.2, -0.15) is 5.26 Å². The standard InChI is InChI=1S/C14H19N3O/c1-4-17(11-5-10-15)14(18)12-6-8-13(9-7-12)16(2)3/h6-9H,4-5,11H2,1-3H3. The highest BCUT2D eigenvalue weighted by molar-refractivity contribution is 5.94. The van der Waals surface area contributed by atoms with Gasteiger partial charge in [0.15, 0.2) is 0 Å². The van der Waals surface area contributed by atoms with Crippen LogP contribution in [0.5, 0.6) is 0 Å². The first-order valence-corrected chi connectivity index (χ1v) is 6.03. The zero-order valence-electron chi connectivity index (χ0n) is 11.2. The third-order valence-electron chi connectivity index (χ3n) is 2.79. The van der Waals surface area contributed by atoms with Crippen LogP contribution in [-0.2, 0) is 0 Å². The van der Waals surface area contributed by atoms with E-state index in [1.165, 1.54) is 0 Å². The lowest BCUT2D eigenvalue weighted by molar-refractivity contribution is 0.0768. The molecule has 96 valence electrons. The Bertz CT molecular complexity index is 431. The summed E-state index contributed by atoms with van der Waals surface area (Å²) in [6.45, 7) is 3.03. The smallest absolute Gasteiger partial charge is 0.253 e. The maximum absolute atomic E-state index is 12.2. The maximum Gasteiger partial charge on any atom is 0.253 e. The lowest BCUT2D eigenvalue weighted by Crippen LogP contribution is -2.31. The summed E-state index contributed by atoms with van der Waals surface area (Å²) < 4.78 is 0. The third-order valence-corrected chi connectivity index (χ3v) is 2.79. The molecule has 1 rings (SSSR count). The van der Waals surface area contributed by atoms with Gasteiger partial charge in [0, 0.05) is 38.4 Å². The molecule has 0 heterocycles. The number of amides is 1. The average Bonchev–Trinajstić information content (AvgIpc) is 2.39. The number of nitrogens with zero attached hydrogens (tertiary/aromatic N) is 3. The van der Waals surface area contributed by atoms with Crippen LogP contribution in [-0.4, -0.2) is 38.0 Å². The van der Waals surface area contributed by atoms with Crippen molar-refractivity contribution >= 4 is 11.6 Å².